The van der Waals surface area contributed by atoms with Gasteiger partial charge in [0.15, 0.2) is 0 Å². The third-order valence-corrected chi connectivity index (χ3v) is 4.69. The first-order valence-electron chi connectivity index (χ1n) is 4.97. The summed E-state index contributed by atoms with van der Waals surface area (Å²) in [6.45, 7) is 0. The standard InChI is InChI=1S/C12H16N2Se2/c1-13(2)11(15)9-6-5-7-10(8-9)12(16)14(3)4/h5-8H,1-4H3. The third-order valence-electron chi connectivity index (χ3n) is 2.17. The average molecular weight is 346 g/mol. The van der Waals surface area contributed by atoms with Crippen molar-refractivity contribution in [3.05, 3.63) is 35.4 Å². The third kappa shape index (κ3) is 3.29. The molecule has 0 amide bonds. The number of benzene rings is 1. The number of hydrogen-bond donors (Lipinski definition) is 0. The van der Waals surface area contributed by atoms with Crippen LogP contribution in [0.15, 0.2) is 24.3 Å². The van der Waals surface area contributed by atoms with Crippen LogP contribution >= 0.6 is 0 Å². The Morgan fingerprint density at radius 2 is 1.25 bits per heavy atom. The maximum absolute atomic E-state index is 3.10. The molecule has 0 N–H and O–H groups in total. The van der Waals surface area contributed by atoms with Gasteiger partial charge in [-0.25, -0.2) is 0 Å². The molecule has 0 atom stereocenters. The van der Waals surface area contributed by atoms with E-state index in [1.54, 1.807) is 0 Å². The van der Waals surface area contributed by atoms with Gasteiger partial charge in [0.25, 0.3) is 0 Å². The molecule has 0 heterocycles. The van der Waals surface area contributed by atoms with E-state index < -0.39 is 0 Å². The van der Waals surface area contributed by atoms with Crippen LogP contribution in [0.4, 0.5) is 0 Å². The van der Waals surface area contributed by atoms with Gasteiger partial charge in [0.2, 0.25) is 0 Å². The second kappa shape index (κ2) is 5.79. The average Bonchev–Trinajstić information content (AvgIpc) is 2.26. The molecule has 0 unspecified atom stereocenters. The first-order valence-corrected chi connectivity index (χ1v) is 6.68. The predicted molar refractivity (Wildman–Crippen MR) is 73.5 cm³/mol. The van der Waals surface area contributed by atoms with Crippen LogP contribution in [-0.2, 0) is 0 Å². The molecule has 0 aromatic heterocycles. The van der Waals surface area contributed by atoms with Crippen LogP contribution in [0.2, 0.25) is 0 Å². The first kappa shape index (κ1) is 13.7. The van der Waals surface area contributed by atoms with Crippen LogP contribution in [0, 0.1) is 0 Å². The summed E-state index contributed by atoms with van der Waals surface area (Å²) in [5, 5.41) is 0. The normalized spacial score (nSPS) is 9.75. The number of nitrogens with zero attached hydrogens (tertiary/aromatic N) is 2. The Morgan fingerprint density at radius 1 is 0.875 bits per heavy atom. The Kier molecular flexibility index (Phi) is 4.94. The molecule has 0 saturated carbocycles. The molecule has 0 fully saturated rings. The molecule has 0 saturated heterocycles. The van der Waals surface area contributed by atoms with Crippen LogP contribution < -0.4 is 0 Å². The molecule has 0 aliphatic rings. The Bertz CT molecular complexity index is 376. The van der Waals surface area contributed by atoms with Crippen molar-refractivity contribution in [1.82, 2.24) is 9.80 Å². The molecule has 0 radical (unpaired) electrons. The maximum atomic E-state index is 3.10. The first-order chi connectivity index (χ1) is 7.43. The van der Waals surface area contributed by atoms with E-state index in [1.165, 1.54) is 11.1 Å². The Labute approximate surface area is 113 Å². The summed E-state index contributed by atoms with van der Waals surface area (Å²) in [7, 11) is 8.14. The molecule has 2 nitrogen and oxygen atoms in total. The fourth-order valence-corrected chi connectivity index (χ4v) is 1.83. The van der Waals surface area contributed by atoms with Crippen molar-refractivity contribution >= 4 is 40.2 Å². The minimum atomic E-state index is 1.15. The molecular formula is C12H16N2Se2. The summed E-state index contributed by atoms with van der Waals surface area (Å²) in [4.78, 5) is 4.15. The summed E-state index contributed by atoms with van der Waals surface area (Å²) < 4.78 is 2.29. The molecule has 0 aliphatic carbocycles. The van der Waals surface area contributed by atoms with Crippen LogP contribution in [0.25, 0.3) is 0 Å². The zero-order chi connectivity index (χ0) is 12.3. The van der Waals surface area contributed by atoms with E-state index in [4.69, 9.17) is 0 Å². The summed E-state index contributed by atoms with van der Waals surface area (Å²) in [5.74, 6) is 0. The van der Waals surface area contributed by atoms with Crippen molar-refractivity contribution in [1.29, 1.82) is 0 Å². The molecule has 0 spiro atoms. The molecule has 0 bridgehead atoms. The van der Waals surface area contributed by atoms with Gasteiger partial charge >= 0.3 is 114 Å². The summed E-state index contributed by atoms with van der Waals surface area (Å²) >= 11 is 6.20. The Balaban J connectivity index is 3.05. The summed E-state index contributed by atoms with van der Waals surface area (Å²) in [6.07, 6.45) is 0. The van der Waals surface area contributed by atoms with Crippen molar-refractivity contribution in [2.45, 2.75) is 0 Å². The topological polar surface area (TPSA) is 6.48 Å². The minimum absolute atomic E-state index is 1.15. The van der Waals surface area contributed by atoms with Gasteiger partial charge in [0.05, 0.1) is 0 Å². The molecule has 1 aromatic rings. The Hall–Kier alpha value is -0.401. The van der Waals surface area contributed by atoms with E-state index in [-0.39, 0.29) is 0 Å². The van der Waals surface area contributed by atoms with Crippen molar-refractivity contribution in [2.75, 3.05) is 28.2 Å². The predicted octanol–water partition coefficient (Wildman–Crippen LogP) is 0.103. The van der Waals surface area contributed by atoms with E-state index in [0.29, 0.717) is 0 Å². The fourth-order valence-electron chi connectivity index (χ4n) is 1.30. The molecular weight excluding hydrogens is 330 g/mol. The SMILES string of the molecule is CN(C)C(=[Se])c1cccc(C(=[Se])N(C)C)c1. The quantitative estimate of drug-likeness (QED) is 0.714. The van der Waals surface area contributed by atoms with Gasteiger partial charge in [-0.3, -0.25) is 0 Å². The van der Waals surface area contributed by atoms with Gasteiger partial charge in [-0.15, -0.1) is 0 Å². The van der Waals surface area contributed by atoms with Crippen molar-refractivity contribution in [3.63, 3.8) is 0 Å². The summed E-state index contributed by atoms with van der Waals surface area (Å²) in [6, 6.07) is 8.47. The monoisotopic (exact) mass is 348 g/mol. The second-order valence-corrected chi connectivity index (χ2v) is 5.60. The van der Waals surface area contributed by atoms with E-state index in [0.717, 1.165) is 9.08 Å². The van der Waals surface area contributed by atoms with Crippen LogP contribution in [0.3, 0.4) is 0 Å². The van der Waals surface area contributed by atoms with Gasteiger partial charge in [-0.2, -0.15) is 0 Å². The van der Waals surface area contributed by atoms with E-state index in [1.807, 2.05) is 28.2 Å². The van der Waals surface area contributed by atoms with Crippen LogP contribution in [0.5, 0.6) is 0 Å². The van der Waals surface area contributed by atoms with E-state index >= 15 is 0 Å². The summed E-state index contributed by atoms with van der Waals surface area (Å²) in [5.41, 5.74) is 2.41. The molecule has 16 heavy (non-hydrogen) atoms. The fraction of sp³-hybridized carbons (Fsp3) is 0.333. The van der Waals surface area contributed by atoms with Gasteiger partial charge in [-0.05, 0) is 0 Å². The van der Waals surface area contributed by atoms with Gasteiger partial charge < -0.3 is 0 Å². The van der Waals surface area contributed by atoms with Crippen molar-refractivity contribution < 1.29 is 0 Å². The molecule has 4 heteroatoms. The van der Waals surface area contributed by atoms with Gasteiger partial charge in [0.1, 0.15) is 0 Å². The molecule has 1 aromatic carbocycles. The Morgan fingerprint density at radius 3 is 1.56 bits per heavy atom. The van der Waals surface area contributed by atoms with Crippen molar-refractivity contribution in [3.8, 4) is 0 Å². The molecule has 1 rings (SSSR count). The van der Waals surface area contributed by atoms with E-state index in [9.17, 15) is 0 Å². The zero-order valence-electron chi connectivity index (χ0n) is 10.0. The second-order valence-electron chi connectivity index (χ2n) is 3.98. The number of hydrogen-bond acceptors (Lipinski definition) is 2. The van der Waals surface area contributed by atoms with Crippen molar-refractivity contribution in [2.24, 2.45) is 0 Å². The van der Waals surface area contributed by atoms with Gasteiger partial charge in [-0.1, -0.05) is 0 Å². The van der Waals surface area contributed by atoms with E-state index in [2.05, 4.69) is 65.2 Å². The van der Waals surface area contributed by atoms with Crippen LogP contribution in [-0.4, -0.2) is 78.2 Å². The van der Waals surface area contributed by atoms with Gasteiger partial charge in [0, 0.05) is 0 Å². The molecule has 0 aliphatic heterocycles. The zero-order valence-corrected chi connectivity index (χ0v) is 13.4. The number of rotatable bonds is 4. The van der Waals surface area contributed by atoms with Crippen LogP contribution in [0.1, 0.15) is 11.1 Å². The molecule has 86 valence electrons.